The van der Waals surface area contributed by atoms with Crippen molar-refractivity contribution in [1.29, 1.82) is 0 Å². The Balaban J connectivity index is 1.54. The van der Waals surface area contributed by atoms with E-state index in [9.17, 15) is 0 Å². The van der Waals surface area contributed by atoms with Crippen LogP contribution in [-0.4, -0.2) is 15.0 Å². The van der Waals surface area contributed by atoms with E-state index in [1.165, 1.54) is 0 Å². The molecule has 2 aromatic carbocycles. The van der Waals surface area contributed by atoms with Gasteiger partial charge in [0.2, 0.25) is 11.6 Å². The maximum Gasteiger partial charge on any atom is 0.246 e. The Hall–Kier alpha value is -3.99. The zero-order valence-corrected chi connectivity index (χ0v) is 15.6. The Morgan fingerprint density at radius 3 is 2.45 bits per heavy atom. The van der Waals surface area contributed by atoms with E-state index in [0.717, 1.165) is 44.4 Å². The lowest BCUT2D eigenvalue weighted by molar-refractivity contribution is 0.617. The number of nitrogens with zero attached hydrogens (tertiary/aromatic N) is 3. The van der Waals surface area contributed by atoms with Gasteiger partial charge in [-0.15, -0.1) is 0 Å². The molecule has 5 heteroatoms. The number of fused-ring (bicyclic) bond motifs is 4. The van der Waals surface area contributed by atoms with Gasteiger partial charge in [0.25, 0.3) is 0 Å². The van der Waals surface area contributed by atoms with E-state index in [1.807, 2.05) is 73.7 Å². The molecule has 138 valence electrons. The molecule has 6 rings (SSSR count). The maximum absolute atomic E-state index is 6.12. The highest BCUT2D eigenvalue weighted by Crippen LogP contribution is 2.35. The molecule has 0 N–H and O–H groups in total. The molecular formula is C24H15N3O2. The third-order valence-electron chi connectivity index (χ3n) is 5.04. The lowest BCUT2D eigenvalue weighted by atomic mass is 10.1. The van der Waals surface area contributed by atoms with Crippen molar-refractivity contribution >= 4 is 33.2 Å². The minimum atomic E-state index is 0.502. The summed E-state index contributed by atoms with van der Waals surface area (Å²) in [6.07, 6.45) is 0. The van der Waals surface area contributed by atoms with Crippen molar-refractivity contribution in [2.45, 2.75) is 6.92 Å². The predicted octanol–water partition coefficient (Wildman–Crippen LogP) is 6.16. The summed E-state index contributed by atoms with van der Waals surface area (Å²) in [5.74, 6) is 0.502. The third-order valence-corrected chi connectivity index (χ3v) is 5.04. The summed E-state index contributed by atoms with van der Waals surface area (Å²) in [4.78, 5) is 13.9. The van der Waals surface area contributed by atoms with Crippen molar-refractivity contribution in [3.05, 3.63) is 78.5 Å². The number of para-hydroxylation sites is 3. The minimum Gasteiger partial charge on any atom is -0.437 e. The number of hydrogen-bond donors (Lipinski definition) is 0. The summed E-state index contributed by atoms with van der Waals surface area (Å²) < 4.78 is 12.0. The summed E-state index contributed by atoms with van der Waals surface area (Å²) in [5, 5.41) is 2.03. The van der Waals surface area contributed by atoms with Crippen LogP contribution < -0.4 is 0 Å². The first-order valence-electron chi connectivity index (χ1n) is 9.38. The molecule has 0 aliphatic rings. The average molecular weight is 377 g/mol. The summed E-state index contributed by atoms with van der Waals surface area (Å²) in [6, 6.07) is 23.6. The molecule has 0 aliphatic carbocycles. The van der Waals surface area contributed by atoms with E-state index in [2.05, 4.69) is 16.0 Å². The molecule has 0 amide bonds. The fraction of sp³-hybridized carbons (Fsp3) is 0.0417. The monoisotopic (exact) mass is 377 g/mol. The van der Waals surface area contributed by atoms with E-state index in [1.54, 1.807) is 0 Å². The van der Waals surface area contributed by atoms with Gasteiger partial charge in [-0.1, -0.05) is 30.3 Å². The molecule has 29 heavy (non-hydrogen) atoms. The number of hydrogen-bond acceptors (Lipinski definition) is 5. The number of benzene rings is 2. The SMILES string of the molecule is Cc1ccc2c(n1)oc1c(-c3cccc(-c4nc5ccccc5o4)n3)cccc12. The number of aromatic nitrogens is 3. The van der Waals surface area contributed by atoms with Crippen LogP contribution in [0, 0.1) is 6.92 Å². The van der Waals surface area contributed by atoms with Crippen LogP contribution in [0.15, 0.2) is 81.6 Å². The van der Waals surface area contributed by atoms with E-state index < -0.39 is 0 Å². The molecule has 0 saturated heterocycles. The Labute approximate surface area is 165 Å². The highest BCUT2D eigenvalue weighted by atomic mass is 16.3. The fourth-order valence-electron chi connectivity index (χ4n) is 3.66. The second-order valence-electron chi connectivity index (χ2n) is 6.98. The van der Waals surface area contributed by atoms with Gasteiger partial charge in [0.15, 0.2) is 5.58 Å². The fourth-order valence-corrected chi connectivity index (χ4v) is 3.66. The van der Waals surface area contributed by atoms with E-state index >= 15 is 0 Å². The van der Waals surface area contributed by atoms with Crippen LogP contribution in [0.4, 0.5) is 0 Å². The number of furan rings is 1. The Bertz CT molecular complexity index is 1490. The highest BCUT2D eigenvalue weighted by Gasteiger charge is 2.15. The van der Waals surface area contributed by atoms with Crippen LogP contribution in [0.1, 0.15) is 5.69 Å². The Kier molecular flexibility index (Phi) is 3.32. The topological polar surface area (TPSA) is 65.0 Å². The van der Waals surface area contributed by atoms with E-state index in [-0.39, 0.29) is 0 Å². The molecule has 5 nitrogen and oxygen atoms in total. The van der Waals surface area contributed by atoms with Gasteiger partial charge in [0.05, 0.1) is 5.69 Å². The number of oxazole rings is 1. The maximum atomic E-state index is 6.12. The molecular weight excluding hydrogens is 362 g/mol. The number of pyridine rings is 2. The molecule has 4 heterocycles. The molecule has 6 aromatic rings. The molecule has 0 radical (unpaired) electrons. The highest BCUT2D eigenvalue weighted by molar-refractivity contribution is 6.08. The molecule has 0 atom stereocenters. The zero-order chi connectivity index (χ0) is 19.4. The molecule has 0 aliphatic heterocycles. The number of aryl methyl sites for hydroxylation is 1. The van der Waals surface area contributed by atoms with Crippen LogP contribution in [0.25, 0.3) is 56.0 Å². The van der Waals surface area contributed by atoms with Crippen LogP contribution in [0.2, 0.25) is 0 Å². The first kappa shape index (κ1) is 16.0. The number of rotatable bonds is 2. The first-order valence-corrected chi connectivity index (χ1v) is 9.38. The van der Waals surface area contributed by atoms with Crippen molar-refractivity contribution in [3.8, 4) is 22.8 Å². The molecule has 0 bridgehead atoms. The molecule has 0 spiro atoms. The lowest BCUT2D eigenvalue weighted by Crippen LogP contribution is -1.88. The van der Waals surface area contributed by atoms with Gasteiger partial charge in [-0.05, 0) is 49.4 Å². The van der Waals surface area contributed by atoms with Gasteiger partial charge in [-0.25, -0.2) is 15.0 Å². The van der Waals surface area contributed by atoms with Crippen LogP contribution >= 0.6 is 0 Å². The zero-order valence-electron chi connectivity index (χ0n) is 15.6. The first-order chi connectivity index (χ1) is 14.3. The molecule has 0 saturated carbocycles. The van der Waals surface area contributed by atoms with Crippen molar-refractivity contribution in [2.24, 2.45) is 0 Å². The summed E-state index contributed by atoms with van der Waals surface area (Å²) in [7, 11) is 0. The van der Waals surface area contributed by atoms with Crippen LogP contribution in [0.3, 0.4) is 0 Å². The largest absolute Gasteiger partial charge is 0.437 e. The standard InChI is InChI=1S/C24H15N3O2/c1-14-12-13-16-15-6-4-7-17(22(15)29-23(16)25-14)18-9-5-10-20(26-18)24-27-19-8-2-3-11-21(19)28-24/h2-13H,1H3. The van der Waals surface area contributed by atoms with Gasteiger partial charge in [-0.2, -0.15) is 0 Å². The molecule has 0 unspecified atom stereocenters. The second-order valence-corrected chi connectivity index (χ2v) is 6.98. The normalized spacial score (nSPS) is 11.6. The van der Waals surface area contributed by atoms with E-state index in [0.29, 0.717) is 17.3 Å². The lowest BCUT2D eigenvalue weighted by Gasteiger charge is -2.03. The van der Waals surface area contributed by atoms with Crippen molar-refractivity contribution in [2.75, 3.05) is 0 Å². The van der Waals surface area contributed by atoms with Gasteiger partial charge in [0.1, 0.15) is 16.8 Å². The molecule has 4 aromatic heterocycles. The minimum absolute atomic E-state index is 0.502. The van der Waals surface area contributed by atoms with E-state index in [4.69, 9.17) is 13.8 Å². The third kappa shape index (κ3) is 2.51. The van der Waals surface area contributed by atoms with Crippen LogP contribution in [-0.2, 0) is 0 Å². The van der Waals surface area contributed by atoms with Gasteiger partial charge >= 0.3 is 0 Å². The van der Waals surface area contributed by atoms with Crippen molar-refractivity contribution < 1.29 is 8.83 Å². The second kappa shape index (κ2) is 6.01. The van der Waals surface area contributed by atoms with Crippen molar-refractivity contribution in [3.63, 3.8) is 0 Å². The van der Waals surface area contributed by atoms with Gasteiger partial charge < -0.3 is 8.83 Å². The summed E-state index contributed by atoms with van der Waals surface area (Å²) in [6.45, 7) is 1.96. The summed E-state index contributed by atoms with van der Waals surface area (Å²) >= 11 is 0. The van der Waals surface area contributed by atoms with Crippen LogP contribution in [0.5, 0.6) is 0 Å². The smallest absolute Gasteiger partial charge is 0.246 e. The quantitative estimate of drug-likeness (QED) is 0.361. The van der Waals surface area contributed by atoms with Gasteiger partial charge in [0, 0.05) is 22.0 Å². The Morgan fingerprint density at radius 1 is 0.655 bits per heavy atom. The van der Waals surface area contributed by atoms with Gasteiger partial charge in [-0.3, -0.25) is 0 Å². The average Bonchev–Trinajstić information content (AvgIpc) is 3.34. The van der Waals surface area contributed by atoms with Crippen molar-refractivity contribution in [1.82, 2.24) is 15.0 Å². The summed E-state index contributed by atoms with van der Waals surface area (Å²) in [5.41, 5.74) is 6.30. The molecule has 0 fully saturated rings. The Morgan fingerprint density at radius 2 is 1.52 bits per heavy atom. The predicted molar refractivity (Wildman–Crippen MR) is 112 cm³/mol.